The molecule has 0 heterocycles. The van der Waals surface area contributed by atoms with E-state index in [1.165, 1.54) is 13.2 Å². The summed E-state index contributed by atoms with van der Waals surface area (Å²) in [5, 5.41) is 8.87. The van der Waals surface area contributed by atoms with Gasteiger partial charge >= 0.3 is 0 Å². The normalized spacial score (nSPS) is 10.6. The minimum Gasteiger partial charge on any atom is -0.494 e. The van der Waals surface area contributed by atoms with Gasteiger partial charge in [0.2, 0.25) is 0 Å². The molecule has 4 nitrogen and oxygen atoms in total. The molecule has 0 unspecified atom stereocenters. The molecular weight excluding hydrogens is 307 g/mol. The lowest BCUT2D eigenvalue weighted by atomic mass is 10.1. The number of nitriles is 1. The summed E-state index contributed by atoms with van der Waals surface area (Å²) in [4.78, 5) is 2.17. The van der Waals surface area contributed by atoms with Crippen molar-refractivity contribution in [2.75, 3.05) is 27.4 Å². The minimum atomic E-state index is -0.361. The van der Waals surface area contributed by atoms with Crippen LogP contribution in [0.3, 0.4) is 0 Å². The molecule has 2 rings (SSSR count). The summed E-state index contributed by atoms with van der Waals surface area (Å²) in [6.07, 6.45) is 0. The van der Waals surface area contributed by atoms with E-state index in [0.717, 1.165) is 17.7 Å². The summed E-state index contributed by atoms with van der Waals surface area (Å²) < 4.78 is 24.0. The molecule has 0 radical (unpaired) electrons. The average Bonchev–Trinajstić information content (AvgIpc) is 2.60. The number of halogens is 1. The van der Waals surface area contributed by atoms with Crippen LogP contribution in [0.4, 0.5) is 4.39 Å². The fraction of sp³-hybridized carbons (Fsp3) is 0.316. The molecule has 0 aliphatic heterocycles. The van der Waals surface area contributed by atoms with Crippen molar-refractivity contribution in [3.05, 3.63) is 65.0 Å². The van der Waals surface area contributed by atoms with Crippen LogP contribution < -0.4 is 4.74 Å². The fourth-order valence-corrected chi connectivity index (χ4v) is 2.44. The van der Waals surface area contributed by atoms with Crippen LogP contribution in [-0.4, -0.2) is 32.3 Å². The van der Waals surface area contributed by atoms with Gasteiger partial charge in [-0.1, -0.05) is 18.2 Å². The van der Waals surface area contributed by atoms with Crippen LogP contribution in [0.25, 0.3) is 0 Å². The van der Waals surface area contributed by atoms with Crippen LogP contribution >= 0.6 is 0 Å². The first-order valence-corrected chi connectivity index (χ1v) is 7.69. The van der Waals surface area contributed by atoms with Gasteiger partial charge in [-0.3, -0.25) is 4.90 Å². The molecular formula is C19H21FN2O2. The summed E-state index contributed by atoms with van der Waals surface area (Å²) in [6, 6.07) is 14.6. The Labute approximate surface area is 142 Å². The van der Waals surface area contributed by atoms with Gasteiger partial charge in [0, 0.05) is 26.7 Å². The van der Waals surface area contributed by atoms with E-state index in [0.29, 0.717) is 25.3 Å². The highest BCUT2D eigenvalue weighted by Gasteiger charge is 2.10. The smallest absolute Gasteiger partial charge is 0.165 e. The first-order valence-electron chi connectivity index (χ1n) is 7.69. The Hall–Kier alpha value is -2.42. The van der Waals surface area contributed by atoms with E-state index < -0.39 is 0 Å². The standard InChI is InChI=1S/C19H21FN2O2/c1-23-10-9-22(13-16-5-3-15(12-21)4-6-16)14-17-7-8-19(24-2)18(20)11-17/h3-8,11H,9-10,13-14H2,1-2H3. The molecule has 0 saturated carbocycles. The number of methoxy groups -OCH3 is 2. The van der Waals surface area contributed by atoms with Gasteiger partial charge in [0.1, 0.15) is 0 Å². The van der Waals surface area contributed by atoms with Crippen molar-refractivity contribution >= 4 is 0 Å². The molecule has 0 amide bonds. The molecule has 0 atom stereocenters. The van der Waals surface area contributed by atoms with E-state index >= 15 is 0 Å². The molecule has 2 aromatic rings. The highest BCUT2D eigenvalue weighted by Crippen LogP contribution is 2.19. The predicted molar refractivity (Wildman–Crippen MR) is 90.1 cm³/mol. The lowest BCUT2D eigenvalue weighted by Crippen LogP contribution is -2.26. The van der Waals surface area contributed by atoms with Crippen molar-refractivity contribution in [1.82, 2.24) is 4.90 Å². The van der Waals surface area contributed by atoms with Crippen molar-refractivity contribution in [1.29, 1.82) is 5.26 Å². The molecule has 5 heteroatoms. The van der Waals surface area contributed by atoms with Crippen LogP contribution in [-0.2, 0) is 17.8 Å². The number of hydrogen-bond acceptors (Lipinski definition) is 4. The van der Waals surface area contributed by atoms with E-state index in [1.807, 2.05) is 18.2 Å². The molecule has 0 fully saturated rings. The second-order valence-corrected chi connectivity index (χ2v) is 5.48. The highest BCUT2D eigenvalue weighted by molar-refractivity contribution is 5.32. The Morgan fingerprint density at radius 1 is 1.04 bits per heavy atom. The van der Waals surface area contributed by atoms with Crippen molar-refractivity contribution in [3.8, 4) is 11.8 Å². The van der Waals surface area contributed by atoms with Gasteiger partial charge in [-0.05, 0) is 35.4 Å². The zero-order valence-electron chi connectivity index (χ0n) is 14.0. The summed E-state index contributed by atoms with van der Waals surface area (Å²) in [6.45, 7) is 2.62. The largest absolute Gasteiger partial charge is 0.494 e. The van der Waals surface area contributed by atoms with Crippen molar-refractivity contribution in [3.63, 3.8) is 0 Å². The summed E-state index contributed by atoms with van der Waals surface area (Å²) in [5.41, 5.74) is 2.61. The van der Waals surface area contributed by atoms with Gasteiger partial charge in [0.05, 0.1) is 25.3 Å². The number of nitrogens with zero attached hydrogens (tertiary/aromatic N) is 2. The SMILES string of the molecule is COCCN(Cc1ccc(C#N)cc1)Cc1ccc(OC)c(F)c1. The second-order valence-electron chi connectivity index (χ2n) is 5.48. The average molecular weight is 328 g/mol. The third-order valence-electron chi connectivity index (χ3n) is 3.72. The summed E-state index contributed by atoms with van der Waals surface area (Å²) >= 11 is 0. The zero-order valence-corrected chi connectivity index (χ0v) is 14.0. The van der Waals surface area contributed by atoms with Crippen molar-refractivity contribution < 1.29 is 13.9 Å². The lowest BCUT2D eigenvalue weighted by molar-refractivity contribution is 0.140. The number of rotatable bonds is 8. The number of benzene rings is 2. The van der Waals surface area contributed by atoms with Crippen molar-refractivity contribution in [2.24, 2.45) is 0 Å². The van der Waals surface area contributed by atoms with Gasteiger partial charge in [-0.15, -0.1) is 0 Å². The van der Waals surface area contributed by atoms with E-state index in [4.69, 9.17) is 14.7 Å². The Kier molecular flexibility index (Phi) is 6.74. The van der Waals surface area contributed by atoms with Crippen LogP contribution in [0, 0.1) is 17.1 Å². The maximum absolute atomic E-state index is 13.9. The first kappa shape index (κ1) is 17.9. The molecule has 0 bridgehead atoms. The predicted octanol–water partition coefficient (Wildman–Crippen LogP) is 3.35. The quantitative estimate of drug-likeness (QED) is 0.745. The second kappa shape index (κ2) is 9.02. The van der Waals surface area contributed by atoms with Crippen LogP contribution in [0.5, 0.6) is 5.75 Å². The number of hydrogen-bond donors (Lipinski definition) is 0. The Bertz CT molecular complexity index is 696. The van der Waals surface area contributed by atoms with E-state index in [9.17, 15) is 4.39 Å². The molecule has 2 aromatic carbocycles. The Morgan fingerprint density at radius 3 is 2.29 bits per heavy atom. The molecule has 126 valence electrons. The molecule has 0 spiro atoms. The van der Waals surface area contributed by atoms with Gasteiger partial charge in [0.15, 0.2) is 11.6 Å². The molecule has 0 aromatic heterocycles. The maximum atomic E-state index is 13.9. The van der Waals surface area contributed by atoms with Crippen LogP contribution in [0.1, 0.15) is 16.7 Å². The van der Waals surface area contributed by atoms with Gasteiger partial charge < -0.3 is 9.47 Å². The van der Waals surface area contributed by atoms with Crippen LogP contribution in [0.15, 0.2) is 42.5 Å². The third kappa shape index (κ3) is 5.05. The van der Waals surface area contributed by atoms with Gasteiger partial charge in [-0.2, -0.15) is 5.26 Å². The molecule has 24 heavy (non-hydrogen) atoms. The molecule has 0 aliphatic carbocycles. The zero-order chi connectivity index (χ0) is 17.4. The van der Waals surface area contributed by atoms with Crippen molar-refractivity contribution in [2.45, 2.75) is 13.1 Å². The topological polar surface area (TPSA) is 45.5 Å². The maximum Gasteiger partial charge on any atom is 0.165 e. The van der Waals surface area contributed by atoms with Gasteiger partial charge in [0.25, 0.3) is 0 Å². The van der Waals surface area contributed by atoms with Gasteiger partial charge in [-0.25, -0.2) is 4.39 Å². The number of ether oxygens (including phenoxy) is 2. The lowest BCUT2D eigenvalue weighted by Gasteiger charge is -2.22. The van der Waals surface area contributed by atoms with Crippen LogP contribution in [0.2, 0.25) is 0 Å². The Morgan fingerprint density at radius 2 is 1.71 bits per heavy atom. The monoisotopic (exact) mass is 328 g/mol. The highest BCUT2D eigenvalue weighted by atomic mass is 19.1. The fourth-order valence-electron chi connectivity index (χ4n) is 2.44. The molecule has 0 N–H and O–H groups in total. The summed E-state index contributed by atoms with van der Waals surface area (Å²) in [7, 11) is 3.11. The van der Waals surface area contributed by atoms with E-state index in [1.54, 1.807) is 25.3 Å². The third-order valence-corrected chi connectivity index (χ3v) is 3.72. The first-order chi connectivity index (χ1) is 11.7. The minimum absolute atomic E-state index is 0.245. The Balaban J connectivity index is 2.09. The summed E-state index contributed by atoms with van der Waals surface area (Å²) in [5.74, 6) is -0.116. The molecule has 0 aliphatic rings. The van der Waals surface area contributed by atoms with E-state index in [2.05, 4.69) is 11.0 Å². The van der Waals surface area contributed by atoms with E-state index in [-0.39, 0.29) is 11.6 Å². The molecule has 0 saturated heterocycles.